The second-order valence-corrected chi connectivity index (χ2v) is 8.02. The number of hydrogen-bond acceptors (Lipinski definition) is 5. The number of Topliss-reactive ketones (excluding diaryl/α,β-unsaturated/α-hetero) is 1. The molecule has 2 rings (SSSR count). The first-order valence-electron chi connectivity index (χ1n) is 10.1. The molecule has 0 aliphatic carbocycles. The quantitative estimate of drug-likeness (QED) is 0.230. The van der Waals surface area contributed by atoms with Crippen molar-refractivity contribution in [3.63, 3.8) is 0 Å². The normalized spacial score (nSPS) is 22.2. The van der Waals surface area contributed by atoms with E-state index in [9.17, 15) is 24.9 Å². The van der Waals surface area contributed by atoms with Crippen LogP contribution in [0.5, 0.6) is 5.75 Å². The van der Waals surface area contributed by atoms with Crippen molar-refractivity contribution >= 4 is 11.7 Å². The summed E-state index contributed by atoms with van der Waals surface area (Å²) in [6, 6.07) is 4.59. The third kappa shape index (κ3) is 5.48. The van der Waals surface area contributed by atoms with Crippen molar-refractivity contribution in [2.75, 3.05) is 0 Å². The van der Waals surface area contributed by atoms with Gasteiger partial charge in [-0.1, -0.05) is 44.6 Å². The molecule has 0 aromatic heterocycles. The highest BCUT2D eigenvalue weighted by Gasteiger charge is 2.43. The minimum absolute atomic E-state index is 0.0351. The van der Waals surface area contributed by atoms with Crippen molar-refractivity contribution in [2.45, 2.75) is 59.1 Å². The van der Waals surface area contributed by atoms with Crippen LogP contribution in [0, 0.1) is 11.8 Å². The molecule has 0 bridgehead atoms. The molecule has 4 atom stereocenters. The average Bonchev–Trinajstić information content (AvgIpc) is 2.95. The van der Waals surface area contributed by atoms with Crippen molar-refractivity contribution in [1.82, 2.24) is 5.32 Å². The summed E-state index contributed by atoms with van der Waals surface area (Å²) in [6.07, 6.45) is 3.40. The van der Waals surface area contributed by atoms with Gasteiger partial charge in [-0.05, 0) is 49.8 Å². The fourth-order valence-electron chi connectivity index (χ4n) is 3.90. The lowest BCUT2D eigenvalue weighted by atomic mass is 9.88. The molecule has 6 nitrogen and oxygen atoms in total. The van der Waals surface area contributed by atoms with Crippen LogP contribution in [0.4, 0.5) is 0 Å². The monoisotopic (exact) mass is 401 g/mol. The molecule has 0 radical (unpaired) electrons. The van der Waals surface area contributed by atoms with Crippen LogP contribution in [0.15, 0.2) is 47.2 Å². The number of aromatic hydroxyl groups is 1. The molecule has 1 fully saturated rings. The molecule has 1 aromatic carbocycles. The number of aliphatic hydroxyl groups excluding tert-OH is 2. The van der Waals surface area contributed by atoms with Crippen molar-refractivity contribution in [2.24, 2.45) is 11.8 Å². The molecule has 1 aliphatic rings. The molecule has 0 saturated carbocycles. The topological polar surface area (TPSA) is 107 Å². The molecule has 0 spiro atoms. The van der Waals surface area contributed by atoms with Crippen LogP contribution in [-0.2, 0) is 9.59 Å². The van der Waals surface area contributed by atoms with Gasteiger partial charge < -0.3 is 20.6 Å². The number of phenols is 1. The van der Waals surface area contributed by atoms with E-state index in [1.807, 2.05) is 0 Å². The van der Waals surface area contributed by atoms with Gasteiger partial charge in [-0.3, -0.25) is 9.59 Å². The predicted octanol–water partition coefficient (Wildman–Crippen LogP) is 3.71. The van der Waals surface area contributed by atoms with Crippen LogP contribution >= 0.6 is 0 Å². The van der Waals surface area contributed by atoms with Gasteiger partial charge in [0.25, 0.3) is 5.91 Å². The Morgan fingerprint density at radius 2 is 1.83 bits per heavy atom. The number of aliphatic hydroxyl groups is 2. The lowest BCUT2D eigenvalue weighted by Crippen LogP contribution is -2.35. The Balaban J connectivity index is 2.14. The first kappa shape index (κ1) is 22.7. The number of carbonyl (C=O) groups excluding carboxylic acids is 2. The van der Waals surface area contributed by atoms with Gasteiger partial charge in [-0.15, -0.1) is 0 Å². The molecule has 4 N–H and O–H groups in total. The van der Waals surface area contributed by atoms with E-state index in [1.54, 1.807) is 6.92 Å². The Bertz CT molecular complexity index is 809. The Hall–Kier alpha value is -2.60. The molecule has 1 aliphatic heterocycles. The van der Waals surface area contributed by atoms with Crippen LogP contribution < -0.4 is 5.32 Å². The average molecular weight is 402 g/mol. The Morgan fingerprint density at radius 1 is 1.21 bits per heavy atom. The third-order valence-electron chi connectivity index (χ3n) is 5.29. The molecule has 0 unspecified atom stereocenters. The number of benzene rings is 1. The highest BCUT2D eigenvalue weighted by molar-refractivity contribution is 6.27. The van der Waals surface area contributed by atoms with Crippen LogP contribution in [0.3, 0.4) is 0 Å². The van der Waals surface area contributed by atoms with E-state index in [2.05, 4.69) is 32.2 Å². The predicted molar refractivity (Wildman–Crippen MR) is 111 cm³/mol. The molecule has 158 valence electrons. The number of rotatable bonds is 8. The Labute approximate surface area is 172 Å². The lowest BCUT2D eigenvalue weighted by Gasteiger charge is -2.18. The molecule has 6 heteroatoms. The number of carbonyl (C=O) groups is 2. The third-order valence-corrected chi connectivity index (χ3v) is 5.29. The summed E-state index contributed by atoms with van der Waals surface area (Å²) in [5.74, 6) is -1.54. The van der Waals surface area contributed by atoms with Crippen LogP contribution in [0.2, 0.25) is 0 Å². The molecule has 1 saturated heterocycles. The number of amides is 1. The number of hydrogen-bond donors (Lipinski definition) is 4. The molecule has 1 heterocycles. The smallest absolute Gasteiger partial charge is 0.259 e. The van der Waals surface area contributed by atoms with Crippen LogP contribution in [0.25, 0.3) is 0 Å². The zero-order valence-electron chi connectivity index (χ0n) is 17.5. The second-order valence-electron chi connectivity index (χ2n) is 8.02. The van der Waals surface area contributed by atoms with Gasteiger partial charge in [0.15, 0.2) is 5.78 Å². The fourth-order valence-corrected chi connectivity index (χ4v) is 3.90. The highest BCUT2D eigenvalue weighted by Crippen LogP contribution is 2.30. The van der Waals surface area contributed by atoms with Gasteiger partial charge in [0.05, 0.1) is 0 Å². The lowest BCUT2D eigenvalue weighted by molar-refractivity contribution is -0.118. The zero-order chi connectivity index (χ0) is 21.7. The van der Waals surface area contributed by atoms with Gasteiger partial charge in [0, 0.05) is 5.92 Å². The van der Waals surface area contributed by atoms with Crippen LogP contribution in [-0.4, -0.2) is 33.1 Å². The van der Waals surface area contributed by atoms with E-state index in [0.717, 1.165) is 12.8 Å². The number of phenolic OH excluding ortho intramolecular Hbond substituents is 1. The van der Waals surface area contributed by atoms with E-state index in [0.29, 0.717) is 12.0 Å². The van der Waals surface area contributed by atoms with E-state index < -0.39 is 23.8 Å². The minimum Gasteiger partial charge on any atom is -0.511 e. The van der Waals surface area contributed by atoms with Gasteiger partial charge >= 0.3 is 0 Å². The van der Waals surface area contributed by atoms with Crippen molar-refractivity contribution in [3.05, 3.63) is 52.8 Å². The van der Waals surface area contributed by atoms with E-state index in [4.69, 9.17) is 0 Å². The summed E-state index contributed by atoms with van der Waals surface area (Å²) < 4.78 is 0. The molecular weight excluding hydrogens is 370 g/mol. The maximum atomic E-state index is 12.8. The Kier molecular flexibility index (Phi) is 7.62. The van der Waals surface area contributed by atoms with Gasteiger partial charge in [-0.2, -0.15) is 0 Å². The minimum atomic E-state index is -1.27. The van der Waals surface area contributed by atoms with E-state index >= 15 is 0 Å². The summed E-state index contributed by atoms with van der Waals surface area (Å²) in [4.78, 5) is 25.1. The van der Waals surface area contributed by atoms with E-state index in [1.165, 1.54) is 29.8 Å². The van der Waals surface area contributed by atoms with Crippen molar-refractivity contribution in [3.8, 4) is 5.75 Å². The molecule has 1 amide bonds. The maximum Gasteiger partial charge on any atom is 0.259 e. The summed E-state index contributed by atoms with van der Waals surface area (Å²) in [7, 11) is 0. The standard InChI is InChI=1S/C23H31NO5/c1-5-6-13(2)11-14(3)12-15(4)20(26)18-22(28)19(24-23(18)29)21(27)16-7-9-17(25)10-8-16/h6-10,14-15,19,21,25-27H,5,11-12H2,1-4H3,(H,24,29)/b13-6+,20-18-/t14-,15-,19-,21-/m0/s1. The summed E-state index contributed by atoms with van der Waals surface area (Å²) >= 11 is 0. The first-order chi connectivity index (χ1) is 13.6. The number of ketones is 1. The van der Waals surface area contributed by atoms with Crippen molar-refractivity contribution < 1.29 is 24.9 Å². The molecular formula is C23H31NO5. The number of nitrogens with one attached hydrogen (secondary N) is 1. The van der Waals surface area contributed by atoms with Crippen LogP contribution in [0.1, 0.15) is 58.6 Å². The van der Waals surface area contributed by atoms with E-state index in [-0.39, 0.29) is 28.9 Å². The summed E-state index contributed by atoms with van der Waals surface area (Å²) in [5.41, 5.74) is 1.40. The first-order valence-corrected chi connectivity index (χ1v) is 10.1. The van der Waals surface area contributed by atoms with Crippen molar-refractivity contribution in [1.29, 1.82) is 0 Å². The highest BCUT2D eigenvalue weighted by atomic mass is 16.3. The SMILES string of the molecule is CC/C=C(\C)C[C@H](C)C[C@H](C)/C(O)=C1/C(=O)N[C@@H]([C@@H](O)c2ccc(O)cc2)C1=O. The largest absolute Gasteiger partial charge is 0.511 e. The van der Waals surface area contributed by atoms with Gasteiger partial charge in [-0.25, -0.2) is 0 Å². The summed E-state index contributed by atoms with van der Waals surface area (Å²) in [5, 5.41) is 33.0. The zero-order valence-corrected chi connectivity index (χ0v) is 17.5. The van der Waals surface area contributed by atoms with Gasteiger partial charge in [0.2, 0.25) is 0 Å². The molecule has 1 aromatic rings. The maximum absolute atomic E-state index is 12.8. The summed E-state index contributed by atoms with van der Waals surface area (Å²) in [6.45, 7) is 8.03. The van der Waals surface area contributed by atoms with Gasteiger partial charge in [0.1, 0.15) is 29.2 Å². The Morgan fingerprint density at radius 3 is 2.41 bits per heavy atom. The second kappa shape index (κ2) is 9.74. The molecule has 29 heavy (non-hydrogen) atoms. The number of allylic oxidation sites excluding steroid dienone is 3. The fraction of sp³-hybridized carbons (Fsp3) is 0.478.